The number of carbonyl (C=O) groups is 1. The molecule has 1 amide bonds. The van der Waals surface area contributed by atoms with Gasteiger partial charge >= 0.3 is 0 Å². The first kappa shape index (κ1) is 18.4. The van der Waals surface area contributed by atoms with Gasteiger partial charge in [-0.1, -0.05) is 18.2 Å². The number of aliphatic imine (C=N–C) groups is 1. The number of hydrogen-bond donors (Lipinski definition) is 3. The summed E-state index contributed by atoms with van der Waals surface area (Å²) in [7, 11) is 1.70. The van der Waals surface area contributed by atoms with Crippen molar-refractivity contribution in [2.45, 2.75) is 19.9 Å². The van der Waals surface area contributed by atoms with Crippen molar-refractivity contribution < 1.29 is 9.18 Å². The third kappa shape index (κ3) is 5.60. The van der Waals surface area contributed by atoms with E-state index in [1.54, 1.807) is 19.2 Å². The Balaban J connectivity index is 1.81. The second-order valence-corrected chi connectivity index (χ2v) is 5.73. The maximum Gasteiger partial charge on any atom is 0.248 e. The van der Waals surface area contributed by atoms with Crippen molar-refractivity contribution in [2.24, 2.45) is 10.7 Å². The maximum atomic E-state index is 13.1. The molecule has 0 spiro atoms. The number of amides is 1. The molecule has 6 heteroatoms. The number of primary amides is 1. The molecule has 0 saturated heterocycles. The third-order valence-corrected chi connectivity index (χ3v) is 3.91. The van der Waals surface area contributed by atoms with E-state index >= 15 is 0 Å². The lowest BCUT2D eigenvalue weighted by Crippen LogP contribution is -2.37. The molecule has 132 valence electrons. The van der Waals surface area contributed by atoms with Crippen LogP contribution in [0.1, 0.15) is 27.0 Å². The van der Waals surface area contributed by atoms with Crippen molar-refractivity contribution >= 4 is 11.9 Å². The molecular formula is C19H23FN4O. The molecule has 25 heavy (non-hydrogen) atoms. The van der Waals surface area contributed by atoms with Crippen LogP contribution in [0.3, 0.4) is 0 Å². The van der Waals surface area contributed by atoms with Crippen LogP contribution in [0, 0.1) is 12.7 Å². The molecule has 0 unspecified atom stereocenters. The fourth-order valence-electron chi connectivity index (χ4n) is 2.45. The van der Waals surface area contributed by atoms with Crippen molar-refractivity contribution in [2.75, 3.05) is 13.6 Å². The molecule has 0 aliphatic rings. The first-order valence-electron chi connectivity index (χ1n) is 8.08. The van der Waals surface area contributed by atoms with Crippen LogP contribution in [-0.4, -0.2) is 25.5 Å². The molecule has 2 aromatic rings. The summed E-state index contributed by atoms with van der Waals surface area (Å²) >= 11 is 0. The number of hydrogen-bond acceptors (Lipinski definition) is 2. The monoisotopic (exact) mass is 342 g/mol. The topological polar surface area (TPSA) is 79.5 Å². The molecule has 2 rings (SSSR count). The first-order valence-corrected chi connectivity index (χ1v) is 8.08. The number of guanidine groups is 1. The van der Waals surface area contributed by atoms with E-state index in [1.165, 1.54) is 12.1 Å². The lowest BCUT2D eigenvalue weighted by Gasteiger charge is -2.13. The Morgan fingerprint density at radius 3 is 2.48 bits per heavy atom. The number of aryl methyl sites for hydroxylation is 1. The van der Waals surface area contributed by atoms with Gasteiger partial charge < -0.3 is 16.4 Å². The van der Waals surface area contributed by atoms with Crippen molar-refractivity contribution in [1.82, 2.24) is 10.6 Å². The van der Waals surface area contributed by atoms with Crippen LogP contribution < -0.4 is 16.4 Å². The lowest BCUT2D eigenvalue weighted by atomic mass is 10.1. The molecule has 0 aliphatic heterocycles. The number of nitrogens with one attached hydrogen (secondary N) is 2. The van der Waals surface area contributed by atoms with Gasteiger partial charge in [0.1, 0.15) is 5.82 Å². The van der Waals surface area contributed by atoms with Crippen LogP contribution in [0.4, 0.5) is 4.39 Å². The van der Waals surface area contributed by atoms with Crippen LogP contribution in [0.5, 0.6) is 0 Å². The van der Waals surface area contributed by atoms with E-state index in [4.69, 9.17) is 5.73 Å². The third-order valence-electron chi connectivity index (χ3n) is 3.91. The minimum atomic E-state index is -0.437. The Kier molecular flexibility index (Phi) is 6.51. The number of carbonyl (C=O) groups excluding carboxylic acids is 1. The highest BCUT2D eigenvalue weighted by Gasteiger charge is 2.03. The van der Waals surface area contributed by atoms with E-state index < -0.39 is 5.91 Å². The van der Waals surface area contributed by atoms with Crippen molar-refractivity contribution in [1.29, 1.82) is 0 Å². The summed E-state index contributed by atoms with van der Waals surface area (Å²) in [6, 6.07) is 11.9. The average Bonchev–Trinajstić information content (AvgIpc) is 2.60. The predicted octanol–water partition coefficient (Wildman–Crippen LogP) is 2.14. The van der Waals surface area contributed by atoms with Crippen LogP contribution in [0.15, 0.2) is 47.5 Å². The smallest absolute Gasteiger partial charge is 0.248 e. The molecule has 0 heterocycles. The summed E-state index contributed by atoms with van der Waals surface area (Å²) in [5, 5.41) is 6.44. The van der Waals surface area contributed by atoms with Crippen LogP contribution in [0.25, 0.3) is 0 Å². The zero-order valence-electron chi connectivity index (χ0n) is 14.5. The second-order valence-electron chi connectivity index (χ2n) is 5.73. The van der Waals surface area contributed by atoms with Gasteiger partial charge in [0.05, 0.1) is 0 Å². The zero-order valence-corrected chi connectivity index (χ0v) is 14.5. The van der Waals surface area contributed by atoms with Gasteiger partial charge in [-0.3, -0.25) is 9.79 Å². The molecule has 0 saturated carbocycles. The fraction of sp³-hybridized carbons (Fsp3) is 0.263. The van der Waals surface area contributed by atoms with Gasteiger partial charge in [-0.15, -0.1) is 0 Å². The van der Waals surface area contributed by atoms with Crippen molar-refractivity contribution in [3.05, 3.63) is 70.5 Å². The highest BCUT2D eigenvalue weighted by atomic mass is 19.1. The first-order chi connectivity index (χ1) is 12.0. The lowest BCUT2D eigenvalue weighted by molar-refractivity contribution is 0.100. The van der Waals surface area contributed by atoms with Crippen molar-refractivity contribution in [3.8, 4) is 0 Å². The summed E-state index contributed by atoms with van der Waals surface area (Å²) in [4.78, 5) is 15.2. The molecule has 5 nitrogen and oxygen atoms in total. The van der Waals surface area contributed by atoms with E-state index in [0.717, 1.165) is 23.1 Å². The molecule has 0 atom stereocenters. The van der Waals surface area contributed by atoms with E-state index in [2.05, 4.69) is 15.6 Å². The zero-order chi connectivity index (χ0) is 18.2. The minimum Gasteiger partial charge on any atom is -0.366 e. The summed E-state index contributed by atoms with van der Waals surface area (Å²) in [6.07, 6.45) is 0.778. The van der Waals surface area contributed by atoms with Crippen molar-refractivity contribution in [3.63, 3.8) is 0 Å². The molecule has 0 aliphatic carbocycles. The maximum absolute atomic E-state index is 13.1. The minimum absolute atomic E-state index is 0.214. The Labute approximate surface area is 147 Å². The summed E-state index contributed by atoms with van der Waals surface area (Å²) < 4.78 is 13.1. The summed E-state index contributed by atoms with van der Waals surface area (Å²) in [5.74, 6) is 0.0286. The molecular weight excluding hydrogens is 319 g/mol. The second kappa shape index (κ2) is 8.82. The normalized spacial score (nSPS) is 11.2. The summed E-state index contributed by atoms with van der Waals surface area (Å²) in [6.45, 7) is 3.17. The van der Waals surface area contributed by atoms with Gasteiger partial charge in [0, 0.05) is 25.7 Å². The fourth-order valence-corrected chi connectivity index (χ4v) is 2.45. The van der Waals surface area contributed by atoms with Crippen LogP contribution in [-0.2, 0) is 13.0 Å². The SMILES string of the molecule is CN=C(NCCc1ccc(F)cc1C)NCc1ccc(C(N)=O)cc1. The largest absolute Gasteiger partial charge is 0.366 e. The number of nitrogens with two attached hydrogens (primary N) is 1. The van der Waals surface area contributed by atoms with Gasteiger partial charge in [-0.05, 0) is 54.3 Å². The number of rotatable bonds is 6. The van der Waals surface area contributed by atoms with Gasteiger partial charge in [0.2, 0.25) is 5.91 Å². The quantitative estimate of drug-likeness (QED) is 0.556. The molecule has 2 aromatic carbocycles. The highest BCUT2D eigenvalue weighted by Crippen LogP contribution is 2.10. The molecule has 0 bridgehead atoms. The molecule has 0 radical (unpaired) electrons. The molecule has 0 aromatic heterocycles. The standard InChI is InChI=1S/C19H23FN4O/c1-13-11-17(20)8-7-15(13)9-10-23-19(22-2)24-12-14-3-5-16(6-4-14)18(21)25/h3-8,11H,9-10,12H2,1-2H3,(H2,21,25)(H2,22,23,24). The van der Waals surface area contributed by atoms with Crippen LogP contribution in [0.2, 0.25) is 0 Å². The Morgan fingerprint density at radius 2 is 1.88 bits per heavy atom. The van der Waals surface area contributed by atoms with E-state index in [-0.39, 0.29) is 5.82 Å². The van der Waals surface area contributed by atoms with E-state index in [1.807, 2.05) is 25.1 Å². The Bertz CT molecular complexity index is 757. The number of halogens is 1. The highest BCUT2D eigenvalue weighted by molar-refractivity contribution is 5.92. The Morgan fingerprint density at radius 1 is 1.16 bits per heavy atom. The Hall–Kier alpha value is -2.89. The van der Waals surface area contributed by atoms with Gasteiger partial charge in [-0.25, -0.2) is 4.39 Å². The predicted molar refractivity (Wildman–Crippen MR) is 98.0 cm³/mol. The van der Waals surface area contributed by atoms with Gasteiger partial charge in [0.15, 0.2) is 5.96 Å². The number of nitrogens with zero attached hydrogens (tertiary/aromatic N) is 1. The van der Waals surface area contributed by atoms with Gasteiger partial charge in [0.25, 0.3) is 0 Å². The average molecular weight is 342 g/mol. The molecule has 4 N–H and O–H groups in total. The van der Waals surface area contributed by atoms with Crippen LogP contribution >= 0.6 is 0 Å². The molecule has 0 fully saturated rings. The van der Waals surface area contributed by atoms with E-state index in [0.29, 0.717) is 24.6 Å². The summed E-state index contributed by atoms with van der Waals surface area (Å²) in [5.41, 5.74) is 8.77. The van der Waals surface area contributed by atoms with Gasteiger partial charge in [-0.2, -0.15) is 0 Å². The number of benzene rings is 2. The van der Waals surface area contributed by atoms with E-state index in [9.17, 15) is 9.18 Å².